The van der Waals surface area contributed by atoms with E-state index in [9.17, 15) is 5.26 Å². The van der Waals surface area contributed by atoms with Gasteiger partial charge in [0.2, 0.25) is 0 Å². The lowest BCUT2D eigenvalue weighted by atomic mass is 9.86. The highest BCUT2D eigenvalue weighted by atomic mass is 16.5. The van der Waals surface area contributed by atoms with Gasteiger partial charge in [-0.2, -0.15) is 5.26 Å². The summed E-state index contributed by atoms with van der Waals surface area (Å²) in [7, 11) is 0. The lowest BCUT2D eigenvalue weighted by Gasteiger charge is -2.27. The van der Waals surface area contributed by atoms with Gasteiger partial charge >= 0.3 is 0 Å². The summed E-state index contributed by atoms with van der Waals surface area (Å²) in [5, 5.41) is 9.23. The molecule has 1 fully saturated rings. The number of nitrogens with zero attached hydrogens (tertiary/aromatic N) is 2. The Bertz CT molecular complexity index is 1020. The molecule has 138 valence electrons. The molecule has 0 aliphatic carbocycles. The predicted molar refractivity (Wildman–Crippen MR) is 110 cm³/mol. The molecule has 0 N–H and O–H groups in total. The predicted octanol–water partition coefficient (Wildman–Crippen LogP) is 4.83. The van der Waals surface area contributed by atoms with E-state index in [-0.39, 0.29) is 0 Å². The second-order valence-electron chi connectivity index (χ2n) is 7.80. The summed E-state index contributed by atoms with van der Waals surface area (Å²) < 4.78 is 5.96. The first kappa shape index (κ1) is 17.0. The van der Waals surface area contributed by atoms with Gasteiger partial charge in [0.1, 0.15) is 5.75 Å². The monoisotopic (exact) mass is 366 g/mol. The van der Waals surface area contributed by atoms with Crippen LogP contribution in [0, 0.1) is 17.2 Å². The third kappa shape index (κ3) is 3.17. The summed E-state index contributed by atoms with van der Waals surface area (Å²) in [4.78, 5) is 2.52. The third-order valence-corrected chi connectivity index (χ3v) is 5.98. The minimum Gasteiger partial charge on any atom is -0.493 e. The molecule has 0 radical (unpaired) electrons. The minimum absolute atomic E-state index is 0.459. The van der Waals surface area contributed by atoms with E-state index >= 15 is 0 Å². The second-order valence-corrected chi connectivity index (χ2v) is 7.80. The maximum atomic E-state index is 9.23. The number of rotatable bonds is 3. The van der Waals surface area contributed by atoms with Crippen molar-refractivity contribution in [1.82, 2.24) is 4.90 Å². The third-order valence-electron chi connectivity index (χ3n) is 5.98. The van der Waals surface area contributed by atoms with Gasteiger partial charge in [0.05, 0.1) is 18.2 Å². The molecule has 3 aromatic carbocycles. The first-order valence-electron chi connectivity index (χ1n) is 9.84. The molecule has 2 aliphatic heterocycles. The van der Waals surface area contributed by atoms with Crippen LogP contribution in [0.4, 0.5) is 0 Å². The number of benzene rings is 3. The Morgan fingerprint density at radius 2 is 1.71 bits per heavy atom. The molecule has 28 heavy (non-hydrogen) atoms. The molecular formula is C25H22N2O. The molecule has 1 saturated heterocycles. The van der Waals surface area contributed by atoms with Gasteiger partial charge in [-0.1, -0.05) is 54.6 Å². The molecule has 5 rings (SSSR count). The molecule has 2 atom stereocenters. The number of ether oxygens (including phenoxy) is 1. The van der Waals surface area contributed by atoms with Crippen LogP contribution >= 0.6 is 0 Å². The molecule has 0 saturated carbocycles. The molecule has 3 heteroatoms. The molecule has 0 spiro atoms. The van der Waals surface area contributed by atoms with E-state index < -0.39 is 0 Å². The molecule has 0 amide bonds. The second kappa shape index (κ2) is 7.14. The van der Waals surface area contributed by atoms with Gasteiger partial charge in [-0.25, -0.2) is 0 Å². The number of hydrogen-bond acceptors (Lipinski definition) is 3. The van der Waals surface area contributed by atoms with Crippen LogP contribution in [0.5, 0.6) is 5.75 Å². The Morgan fingerprint density at radius 1 is 0.929 bits per heavy atom. The van der Waals surface area contributed by atoms with E-state index in [4.69, 9.17) is 4.74 Å². The topological polar surface area (TPSA) is 36.3 Å². The van der Waals surface area contributed by atoms with Crippen LogP contribution in [0.25, 0.3) is 11.1 Å². The van der Waals surface area contributed by atoms with E-state index in [0.717, 1.165) is 37.6 Å². The SMILES string of the molecule is N#Cc1ccc2c(c1)[C@@H]1CN(Cc3ccc(-c4ccccc4)cc3)C[C@H]1CO2. The summed E-state index contributed by atoms with van der Waals surface area (Å²) in [5.74, 6) is 1.92. The highest BCUT2D eigenvalue weighted by Gasteiger charge is 2.38. The summed E-state index contributed by atoms with van der Waals surface area (Å²) in [6.45, 7) is 3.79. The van der Waals surface area contributed by atoms with E-state index in [1.165, 1.54) is 22.3 Å². The fourth-order valence-electron chi connectivity index (χ4n) is 4.54. The molecule has 0 unspecified atom stereocenters. The Balaban J connectivity index is 1.31. The normalized spacial score (nSPS) is 20.7. The lowest BCUT2D eigenvalue weighted by Crippen LogP contribution is -2.25. The Kier molecular flexibility index (Phi) is 4.35. The molecule has 2 aliphatic rings. The fourth-order valence-corrected chi connectivity index (χ4v) is 4.54. The van der Waals surface area contributed by atoms with Crippen LogP contribution in [0.1, 0.15) is 22.6 Å². The first-order valence-corrected chi connectivity index (χ1v) is 9.84. The summed E-state index contributed by atoms with van der Waals surface area (Å²) in [5.41, 5.74) is 5.77. The number of nitriles is 1. The van der Waals surface area contributed by atoms with Gasteiger partial charge in [-0.05, 0) is 34.9 Å². The van der Waals surface area contributed by atoms with Gasteiger partial charge < -0.3 is 4.74 Å². The van der Waals surface area contributed by atoms with Crippen molar-refractivity contribution in [1.29, 1.82) is 5.26 Å². The first-order chi connectivity index (χ1) is 13.8. The Hall–Kier alpha value is -3.09. The maximum absolute atomic E-state index is 9.23. The average Bonchev–Trinajstić information content (AvgIpc) is 3.17. The molecule has 0 bridgehead atoms. The minimum atomic E-state index is 0.459. The zero-order valence-corrected chi connectivity index (χ0v) is 15.7. The van der Waals surface area contributed by atoms with Crippen LogP contribution < -0.4 is 4.74 Å². The standard InChI is InChI=1S/C25H22N2O/c26-13-19-8-11-25-23(12-19)24-16-27(15-22(24)17-28-25)14-18-6-9-21(10-7-18)20-4-2-1-3-5-20/h1-12,22,24H,14-17H2/t22-,24+/m0/s1. The maximum Gasteiger partial charge on any atom is 0.122 e. The highest BCUT2D eigenvalue weighted by molar-refractivity contribution is 5.63. The van der Waals surface area contributed by atoms with E-state index in [1.54, 1.807) is 0 Å². The van der Waals surface area contributed by atoms with Crippen molar-refractivity contribution in [2.45, 2.75) is 12.5 Å². The largest absolute Gasteiger partial charge is 0.493 e. The smallest absolute Gasteiger partial charge is 0.122 e. The van der Waals surface area contributed by atoms with Gasteiger partial charge in [0.15, 0.2) is 0 Å². The van der Waals surface area contributed by atoms with Crippen LogP contribution in [0.3, 0.4) is 0 Å². The van der Waals surface area contributed by atoms with E-state index in [1.807, 2.05) is 24.3 Å². The number of hydrogen-bond donors (Lipinski definition) is 0. The van der Waals surface area contributed by atoms with Gasteiger partial charge in [0.25, 0.3) is 0 Å². The quantitative estimate of drug-likeness (QED) is 0.666. The molecule has 3 nitrogen and oxygen atoms in total. The number of likely N-dealkylation sites (tertiary alicyclic amines) is 1. The molecule has 2 heterocycles. The number of fused-ring (bicyclic) bond motifs is 3. The van der Waals surface area contributed by atoms with Crippen molar-refractivity contribution < 1.29 is 4.74 Å². The average molecular weight is 366 g/mol. The Labute approximate surface area is 165 Å². The van der Waals surface area contributed by atoms with Crippen molar-refractivity contribution in [3.8, 4) is 22.9 Å². The fraction of sp³-hybridized carbons (Fsp3) is 0.240. The van der Waals surface area contributed by atoms with Crippen molar-refractivity contribution in [2.75, 3.05) is 19.7 Å². The van der Waals surface area contributed by atoms with Crippen LogP contribution in [0.15, 0.2) is 72.8 Å². The molecule has 3 aromatic rings. The molecular weight excluding hydrogens is 344 g/mol. The van der Waals surface area contributed by atoms with E-state index in [0.29, 0.717) is 11.8 Å². The highest BCUT2D eigenvalue weighted by Crippen LogP contribution is 2.42. The van der Waals surface area contributed by atoms with Crippen molar-refractivity contribution >= 4 is 0 Å². The zero-order valence-electron chi connectivity index (χ0n) is 15.7. The Morgan fingerprint density at radius 3 is 2.50 bits per heavy atom. The van der Waals surface area contributed by atoms with Gasteiger partial charge in [-0.3, -0.25) is 4.90 Å². The van der Waals surface area contributed by atoms with Gasteiger partial charge in [0, 0.05) is 37.0 Å². The lowest BCUT2D eigenvalue weighted by molar-refractivity contribution is 0.212. The van der Waals surface area contributed by atoms with E-state index in [2.05, 4.69) is 59.5 Å². The van der Waals surface area contributed by atoms with Crippen LogP contribution in [0.2, 0.25) is 0 Å². The van der Waals surface area contributed by atoms with Crippen molar-refractivity contribution in [3.05, 3.63) is 89.5 Å². The zero-order chi connectivity index (χ0) is 18.9. The van der Waals surface area contributed by atoms with Gasteiger partial charge in [-0.15, -0.1) is 0 Å². The van der Waals surface area contributed by atoms with Crippen LogP contribution in [-0.2, 0) is 6.54 Å². The van der Waals surface area contributed by atoms with Crippen molar-refractivity contribution in [2.24, 2.45) is 5.92 Å². The van der Waals surface area contributed by atoms with Crippen LogP contribution in [-0.4, -0.2) is 24.6 Å². The summed E-state index contributed by atoms with van der Waals surface area (Å²) >= 11 is 0. The van der Waals surface area contributed by atoms with Crippen molar-refractivity contribution in [3.63, 3.8) is 0 Å². The molecule has 0 aromatic heterocycles. The summed E-state index contributed by atoms with van der Waals surface area (Å²) in [6, 6.07) is 27.5. The summed E-state index contributed by atoms with van der Waals surface area (Å²) in [6.07, 6.45) is 0.